The number of halogens is 3. The normalized spacial score (nSPS) is 29.5. The number of benzene rings is 1. The lowest BCUT2D eigenvalue weighted by atomic mass is 9.85. The Balaban J connectivity index is 2.21. The minimum absolute atomic E-state index is 0.0412. The molecule has 94 valence electrons. The molecule has 0 spiro atoms. The first-order chi connectivity index (χ1) is 8.52. The highest BCUT2D eigenvalue weighted by Crippen LogP contribution is 2.54. The van der Waals surface area contributed by atoms with E-state index in [4.69, 9.17) is 0 Å². The molecule has 2 aliphatic rings. The summed E-state index contributed by atoms with van der Waals surface area (Å²) in [6.45, 7) is 3.21. The van der Waals surface area contributed by atoms with Crippen LogP contribution in [0.5, 0.6) is 0 Å². The minimum Gasteiger partial charge on any atom is -0.241 e. The van der Waals surface area contributed by atoms with Gasteiger partial charge in [-0.3, -0.25) is 0 Å². The SMILES string of the molecule is CC1=C(F)C2C(F)c3c(ccc(C)c3F)C2C=C1. The lowest BCUT2D eigenvalue weighted by Crippen LogP contribution is -2.13. The van der Waals surface area contributed by atoms with Crippen LogP contribution in [-0.4, -0.2) is 0 Å². The highest BCUT2D eigenvalue weighted by Gasteiger charge is 2.46. The van der Waals surface area contributed by atoms with E-state index in [0.717, 1.165) is 0 Å². The highest BCUT2D eigenvalue weighted by molar-refractivity contribution is 5.49. The van der Waals surface area contributed by atoms with E-state index in [9.17, 15) is 13.2 Å². The van der Waals surface area contributed by atoms with E-state index in [2.05, 4.69) is 0 Å². The van der Waals surface area contributed by atoms with Crippen LogP contribution in [0.1, 0.15) is 35.7 Å². The zero-order valence-electron chi connectivity index (χ0n) is 10.2. The van der Waals surface area contributed by atoms with E-state index in [1.165, 1.54) is 0 Å². The molecule has 0 heterocycles. The van der Waals surface area contributed by atoms with E-state index in [-0.39, 0.29) is 11.5 Å². The molecule has 0 aliphatic heterocycles. The van der Waals surface area contributed by atoms with Crippen molar-refractivity contribution in [2.75, 3.05) is 0 Å². The van der Waals surface area contributed by atoms with Crippen molar-refractivity contribution in [3.63, 3.8) is 0 Å². The number of allylic oxidation sites excluding steroid dienone is 4. The summed E-state index contributed by atoms with van der Waals surface area (Å²) < 4.78 is 42.4. The Bertz CT molecular complexity index is 584. The first kappa shape index (κ1) is 11.6. The molecule has 0 saturated heterocycles. The molecular weight excluding hydrogens is 237 g/mol. The second-order valence-electron chi connectivity index (χ2n) is 5.04. The molecule has 0 radical (unpaired) electrons. The third-order valence-corrected chi connectivity index (χ3v) is 3.97. The number of hydrogen-bond donors (Lipinski definition) is 0. The molecule has 3 unspecified atom stereocenters. The second-order valence-corrected chi connectivity index (χ2v) is 5.04. The first-order valence-corrected chi connectivity index (χ1v) is 5.99. The summed E-state index contributed by atoms with van der Waals surface area (Å²) in [5, 5.41) is 0. The van der Waals surface area contributed by atoms with Gasteiger partial charge in [-0.25, -0.2) is 13.2 Å². The molecule has 18 heavy (non-hydrogen) atoms. The van der Waals surface area contributed by atoms with Crippen LogP contribution < -0.4 is 0 Å². The summed E-state index contributed by atoms with van der Waals surface area (Å²) in [6.07, 6.45) is 1.83. The summed E-state index contributed by atoms with van der Waals surface area (Å²) in [5.41, 5.74) is 1.46. The minimum atomic E-state index is -1.59. The Hall–Kier alpha value is -1.51. The molecule has 2 aliphatic carbocycles. The Morgan fingerprint density at radius 2 is 1.83 bits per heavy atom. The van der Waals surface area contributed by atoms with Crippen LogP contribution >= 0.6 is 0 Å². The lowest BCUT2D eigenvalue weighted by Gasteiger charge is -2.22. The van der Waals surface area contributed by atoms with Gasteiger partial charge < -0.3 is 0 Å². The Labute approximate surface area is 104 Å². The molecule has 0 aromatic heterocycles. The molecule has 3 rings (SSSR count). The predicted octanol–water partition coefficient (Wildman–Crippen LogP) is 4.67. The Morgan fingerprint density at radius 3 is 2.56 bits per heavy atom. The largest absolute Gasteiger partial charge is 0.241 e. The fourth-order valence-electron chi connectivity index (χ4n) is 2.94. The van der Waals surface area contributed by atoms with Crippen molar-refractivity contribution >= 4 is 0 Å². The van der Waals surface area contributed by atoms with Crippen molar-refractivity contribution in [3.8, 4) is 0 Å². The maximum atomic E-state index is 14.4. The van der Waals surface area contributed by atoms with Gasteiger partial charge in [0.05, 0.1) is 5.92 Å². The van der Waals surface area contributed by atoms with Crippen LogP contribution in [0.4, 0.5) is 13.2 Å². The molecule has 3 heteroatoms. The molecular formula is C15H13F3. The number of hydrogen-bond acceptors (Lipinski definition) is 0. The van der Waals surface area contributed by atoms with Gasteiger partial charge in [-0.05, 0) is 30.5 Å². The molecule has 0 nitrogen and oxygen atoms in total. The topological polar surface area (TPSA) is 0 Å². The molecule has 1 aromatic rings. The number of rotatable bonds is 0. The maximum Gasteiger partial charge on any atom is 0.138 e. The van der Waals surface area contributed by atoms with Gasteiger partial charge in [0.25, 0.3) is 0 Å². The van der Waals surface area contributed by atoms with Crippen molar-refractivity contribution in [1.29, 1.82) is 0 Å². The molecule has 0 amide bonds. The number of fused-ring (bicyclic) bond motifs is 3. The van der Waals surface area contributed by atoms with Gasteiger partial charge in [0.15, 0.2) is 0 Å². The Morgan fingerprint density at radius 1 is 1.11 bits per heavy atom. The molecule has 3 atom stereocenters. The Kier molecular flexibility index (Phi) is 2.40. The van der Waals surface area contributed by atoms with Crippen LogP contribution in [0.2, 0.25) is 0 Å². The third-order valence-electron chi connectivity index (χ3n) is 3.97. The van der Waals surface area contributed by atoms with Gasteiger partial charge in [0.1, 0.15) is 17.8 Å². The smallest absolute Gasteiger partial charge is 0.138 e. The monoisotopic (exact) mass is 250 g/mol. The molecule has 0 saturated carbocycles. The van der Waals surface area contributed by atoms with Crippen molar-refractivity contribution in [2.24, 2.45) is 5.92 Å². The summed E-state index contributed by atoms with van der Waals surface area (Å²) in [6, 6.07) is 3.34. The van der Waals surface area contributed by atoms with E-state index in [1.54, 1.807) is 38.1 Å². The quantitative estimate of drug-likeness (QED) is 0.627. The molecule has 0 bridgehead atoms. The van der Waals surface area contributed by atoms with Crippen LogP contribution in [0.3, 0.4) is 0 Å². The van der Waals surface area contributed by atoms with Gasteiger partial charge in [-0.15, -0.1) is 0 Å². The zero-order valence-corrected chi connectivity index (χ0v) is 10.2. The standard InChI is InChI=1S/C15H13F3/c1-7-3-5-9-10-6-4-8(2)14(17)12(10)15(18)11(9)13(7)16/h3-6,9,11,15H,1-2H3. The zero-order chi connectivity index (χ0) is 13.0. The van der Waals surface area contributed by atoms with E-state index in [1.807, 2.05) is 0 Å². The number of alkyl halides is 1. The number of aryl methyl sites for hydroxylation is 1. The third kappa shape index (κ3) is 1.33. The first-order valence-electron chi connectivity index (χ1n) is 5.99. The molecule has 0 fully saturated rings. The second kappa shape index (κ2) is 3.74. The lowest BCUT2D eigenvalue weighted by molar-refractivity contribution is 0.235. The summed E-state index contributed by atoms with van der Waals surface area (Å²) >= 11 is 0. The van der Waals surface area contributed by atoms with Gasteiger partial charge in [-0.2, -0.15) is 0 Å². The van der Waals surface area contributed by atoms with E-state index >= 15 is 0 Å². The van der Waals surface area contributed by atoms with Gasteiger partial charge in [0.2, 0.25) is 0 Å². The highest BCUT2D eigenvalue weighted by atomic mass is 19.1. The van der Waals surface area contributed by atoms with Crippen molar-refractivity contribution < 1.29 is 13.2 Å². The van der Waals surface area contributed by atoms with E-state index in [0.29, 0.717) is 16.7 Å². The summed E-state index contributed by atoms with van der Waals surface area (Å²) in [7, 11) is 0. The molecule has 1 aromatic carbocycles. The van der Waals surface area contributed by atoms with E-state index < -0.39 is 23.7 Å². The average molecular weight is 250 g/mol. The van der Waals surface area contributed by atoms with Gasteiger partial charge in [0, 0.05) is 11.5 Å². The predicted molar refractivity (Wildman–Crippen MR) is 64.2 cm³/mol. The fraction of sp³-hybridized carbons (Fsp3) is 0.333. The van der Waals surface area contributed by atoms with Crippen LogP contribution in [-0.2, 0) is 0 Å². The van der Waals surface area contributed by atoms with Gasteiger partial charge in [-0.1, -0.05) is 24.3 Å². The van der Waals surface area contributed by atoms with Crippen LogP contribution in [0.15, 0.2) is 35.7 Å². The summed E-state index contributed by atoms with van der Waals surface area (Å²) in [4.78, 5) is 0. The van der Waals surface area contributed by atoms with Crippen molar-refractivity contribution in [3.05, 3.63) is 58.2 Å². The maximum absolute atomic E-state index is 14.4. The fourth-order valence-corrected chi connectivity index (χ4v) is 2.94. The van der Waals surface area contributed by atoms with Crippen LogP contribution in [0.25, 0.3) is 0 Å². The van der Waals surface area contributed by atoms with Gasteiger partial charge >= 0.3 is 0 Å². The average Bonchev–Trinajstić information content (AvgIpc) is 2.63. The van der Waals surface area contributed by atoms with Crippen molar-refractivity contribution in [1.82, 2.24) is 0 Å². The summed E-state index contributed by atoms with van der Waals surface area (Å²) in [5.74, 6) is -2.26. The van der Waals surface area contributed by atoms with Crippen molar-refractivity contribution in [2.45, 2.75) is 25.9 Å². The molecule has 0 N–H and O–H groups in total. The van der Waals surface area contributed by atoms with Crippen LogP contribution in [0, 0.1) is 18.7 Å².